The Labute approximate surface area is 75.8 Å². The molecule has 0 bridgehead atoms. The van der Waals surface area contributed by atoms with Crippen LogP contribution < -0.4 is 0 Å². The van der Waals surface area contributed by atoms with Gasteiger partial charge in [-0.05, 0) is 26.2 Å². The standard InChI is InChI=1S/C10H20N2/c1-6-9(5)11-12-10(7-2)8(3)4/h7-9H,6H2,1-5H3/b10-7-,12-11?. The highest BCUT2D eigenvalue weighted by atomic mass is 15.1. The van der Waals surface area contributed by atoms with E-state index in [0.29, 0.717) is 12.0 Å². The van der Waals surface area contributed by atoms with Crippen LogP contribution in [0.15, 0.2) is 22.0 Å². The van der Waals surface area contributed by atoms with Gasteiger partial charge < -0.3 is 0 Å². The summed E-state index contributed by atoms with van der Waals surface area (Å²) in [5, 5.41) is 8.39. The van der Waals surface area contributed by atoms with Crippen LogP contribution in [0.25, 0.3) is 0 Å². The highest BCUT2D eigenvalue weighted by Gasteiger charge is 2.00. The van der Waals surface area contributed by atoms with Gasteiger partial charge in [-0.1, -0.05) is 26.8 Å². The van der Waals surface area contributed by atoms with Crippen molar-refractivity contribution in [3.63, 3.8) is 0 Å². The van der Waals surface area contributed by atoms with Crippen molar-refractivity contribution in [1.82, 2.24) is 0 Å². The molecule has 0 aliphatic rings. The van der Waals surface area contributed by atoms with E-state index in [1.807, 2.05) is 13.0 Å². The fourth-order valence-electron chi connectivity index (χ4n) is 0.753. The number of hydrogen-bond donors (Lipinski definition) is 0. The molecule has 12 heavy (non-hydrogen) atoms. The van der Waals surface area contributed by atoms with E-state index < -0.39 is 0 Å². The predicted octanol–water partition coefficient (Wildman–Crippen LogP) is 3.80. The van der Waals surface area contributed by atoms with E-state index >= 15 is 0 Å². The number of hydrogen-bond acceptors (Lipinski definition) is 2. The van der Waals surface area contributed by atoms with Gasteiger partial charge in [-0.25, -0.2) is 0 Å². The molecule has 1 atom stereocenters. The number of allylic oxidation sites excluding steroid dienone is 2. The predicted molar refractivity (Wildman–Crippen MR) is 53.2 cm³/mol. The fourth-order valence-corrected chi connectivity index (χ4v) is 0.753. The molecule has 0 spiro atoms. The summed E-state index contributed by atoms with van der Waals surface area (Å²) in [5.74, 6) is 0.475. The van der Waals surface area contributed by atoms with Crippen LogP contribution >= 0.6 is 0 Å². The van der Waals surface area contributed by atoms with Crippen LogP contribution in [0.3, 0.4) is 0 Å². The zero-order chi connectivity index (χ0) is 9.56. The van der Waals surface area contributed by atoms with E-state index in [0.717, 1.165) is 12.1 Å². The van der Waals surface area contributed by atoms with Crippen molar-refractivity contribution >= 4 is 0 Å². The molecular weight excluding hydrogens is 148 g/mol. The second-order valence-corrected chi connectivity index (χ2v) is 3.34. The van der Waals surface area contributed by atoms with Crippen LogP contribution in [-0.2, 0) is 0 Å². The Bertz CT molecular complexity index is 169. The first-order valence-electron chi connectivity index (χ1n) is 4.68. The highest BCUT2D eigenvalue weighted by Crippen LogP contribution is 2.12. The maximum absolute atomic E-state index is 4.20. The summed E-state index contributed by atoms with van der Waals surface area (Å²) in [5.41, 5.74) is 1.08. The zero-order valence-corrected chi connectivity index (χ0v) is 8.83. The Morgan fingerprint density at radius 2 is 1.92 bits per heavy atom. The van der Waals surface area contributed by atoms with Crippen LogP contribution in [0.2, 0.25) is 0 Å². The first kappa shape index (κ1) is 11.3. The third kappa shape index (κ3) is 4.27. The normalized spacial score (nSPS) is 16.0. The van der Waals surface area contributed by atoms with Gasteiger partial charge in [-0.3, -0.25) is 0 Å². The van der Waals surface area contributed by atoms with Crippen molar-refractivity contribution in [2.75, 3.05) is 0 Å². The summed E-state index contributed by atoms with van der Waals surface area (Å²) < 4.78 is 0. The smallest absolute Gasteiger partial charge is 0.0682 e. The van der Waals surface area contributed by atoms with Gasteiger partial charge in [0.05, 0.1) is 11.7 Å². The van der Waals surface area contributed by atoms with E-state index in [1.165, 1.54) is 0 Å². The first-order valence-corrected chi connectivity index (χ1v) is 4.68. The fraction of sp³-hybridized carbons (Fsp3) is 0.800. The van der Waals surface area contributed by atoms with Gasteiger partial charge in [0.2, 0.25) is 0 Å². The van der Waals surface area contributed by atoms with Crippen molar-refractivity contribution in [2.24, 2.45) is 16.1 Å². The molecule has 0 heterocycles. The number of rotatable bonds is 4. The summed E-state index contributed by atoms with van der Waals surface area (Å²) in [7, 11) is 0. The van der Waals surface area contributed by atoms with Crippen LogP contribution in [0.4, 0.5) is 0 Å². The molecule has 0 aliphatic heterocycles. The van der Waals surface area contributed by atoms with Gasteiger partial charge in [0.1, 0.15) is 0 Å². The van der Waals surface area contributed by atoms with E-state index in [4.69, 9.17) is 0 Å². The Morgan fingerprint density at radius 3 is 2.25 bits per heavy atom. The maximum Gasteiger partial charge on any atom is 0.0682 e. The van der Waals surface area contributed by atoms with Gasteiger partial charge in [0.15, 0.2) is 0 Å². The molecule has 0 radical (unpaired) electrons. The van der Waals surface area contributed by atoms with E-state index in [2.05, 4.69) is 37.9 Å². The van der Waals surface area contributed by atoms with Crippen molar-refractivity contribution in [3.05, 3.63) is 11.8 Å². The van der Waals surface area contributed by atoms with Crippen LogP contribution in [0, 0.1) is 5.92 Å². The monoisotopic (exact) mass is 168 g/mol. The molecule has 0 N–H and O–H groups in total. The molecule has 0 aromatic carbocycles. The molecule has 0 rings (SSSR count). The summed E-state index contributed by atoms with van der Waals surface area (Å²) in [6.07, 6.45) is 3.08. The molecule has 1 unspecified atom stereocenters. The molecule has 0 aromatic rings. The topological polar surface area (TPSA) is 24.7 Å². The van der Waals surface area contributed by atoms with Crippen molar-refractivity contribution in [1.29, 1.82) is 0 Å². The van der Waals surface area contributed by atoms with Crippen molar-refractivity contribution < 1.29 is 0 Å². The highest BCUT2D eigenvalue weighted by molar-refractivity contribution is 4.99. The van der Waals surface area contributed by atoms with Gasteiger partial charge in [0.25, 0.3) is 0 Å². The molecule has 2 nitrogen and oxygen atoms in total. The second-order valence-electron chi connectivity index (χ2n) is 3.34. The summed E-state index contributed by atoms with van der Waals surface area (Å²) >= 11 is 0. The summed E-state index contributed by atoms with van der Waals surface area (Å²) in [4.78, 5) is 0. The average Bonchev–Trinajstić information content (AvgIpc) is 2.04. The Hall–Kier alpha value is -0.660. The molecule has 0 fully saturated rings. The van der Waals surface area contributed by atoms with Crippen LogP contribution in [0.1, 0.15) is 41.0 Å². The minimum absolute atomic E-state index is 0.346. The maximum atomic E-state index is 4.20. The van der Waals surface area contributed by atoms with E-state index in [9.17, 15) is 0 Å². The third-order valence-electron chi connectivity index (χ3n) is 1.85. The summed E-state index contributed by atoms with van der Waals surface area (Å²) in [6, 6.07) is 0.346. The van der Waals surface area contributed by atoms with Crippen LogP contribution in [-0.4, -0.2) is 6.04 Å². The minimum Gasteiger partial charge on any atom is -0.186 e. The number of azo groups is 1. The molecule has 0 aromatic heterocycles. The molecule has 70 valence electrons. The molecule has 2 heteroatoms. The second kappa shape index (κ2) is 5.92. The number of nitrogens with zero attached hydrogens (tertiary/aromatic N) is 2. The average molecular weight is 168 g/mol. The van der Waals surface area contributed by atoms with Crippen molar-refractivity contribution in [3.8, 4) is 0 Å². The van der Waals surface area contributed by atoms with Gasteiger partial charge in [0, 0.05) is 0 Å². The lowest BCUT2D eigenvalue weighted by Crippen LogP contribution is -1.95. The lowest BCUT2D eigenvalue weighted by molar-refractivity contribution is 0.647. The quantitative estimate of drug-likeness (QED) is 0.570. The molecular formula is C10H20N2. The molecule has 0 amide bonds. The SMILES string of the molecule is C/C=C(\N=NC(C)CC)C(C)C. The molecule has 0 saturated carbocycles. The zero-order valence-electron chi connectivity index (χ0n) is 8.83. The van der Waals surface area contributed by atoms with E-state index in [1.54, 1.807) is 0 Å². The van der Waals surface area contributed by atoms with Gasteiger partial charge >= 0.3 is 0 Å². The Balaban J connectivity index is 4.12. The summed E-state index contributed by atoms with van der Waals surface area (Å²) in [6.45, 7) is 10.5. The lowest BCUT2D eigenvalue weighted by atomic mass is 10.1. The first-order chi connectivity index (χ1) is 5.61. The molecule has 0 saturated heterocycles. The van der Waals surface area contributed by atoms with Crippen molar-refractivity contribution in [2.45, 2.75) is 47.1 Å². The third-order valence-corrected chi connectivity index (χ3v) is 1.85. The lowest BCUT2D eigenvalue weighted by Gasteiger charge is -2.04. The Kier molecular flexibility index (Phi) is 5.60. The van der Waals surface area contributed by atoms with Crippen LogP contribution in [0.5, 0.6) is 0 Å². The largest absolute Gasteiger partial charge is 0.186 e. The molecule has 0 aliphatic carbocycles. The van der Waals surface area contributed by atoms with Gasteiger partial charge in [-0.2, -0.15) is 10.2 Å². The Morgan fingerprint density at radius 1 is 1.33 bits per heavy atom. The van der Waals surface area contributed by atoms with E-state index in [-0.39, 0.29) is 0 Å². The van der Waals surface area contributed by atoms with Gasteiger partial charge in [-0.15, -0.1) is 0 Å². The minimum atomic E-state index is 0.346.